The molecule has 0 spiro atoms. The van der Waals surface area contributed by atoms with Gasteiger partial charge in [0.25, 0.3) is 0 Å². The first-order valence-electron chi connectivity index (χ1n) is 5.94. The maximum Gasteiger partial charge on any atom is 0.302 e. The fourth-order valence-corrected chi connectivity index (χ4v) is 3.59. The minimum atomic E-state index is -0.224. The molecule has 0 saturated heterocycles. The van der Waals surface area contributed by atoms with Crippen LogP contribution in [0.1, 0.15) is 23.6 Å². The molecule has 0 aromatic carbocycles. The summed E-state index contributed by atoms with van der Waals surface area (Å²) in [7, 11) is 0. The highest BCUT2D eigenvalue weighted by Gasteiger charge is 2.06. The lowest BCUT2D eigenvalue weighted by Crippen LogP contribution is -2.01. The van der Waals surface area contributed by atoms with Crippen molar-refractivity contribution in [2.24, 2.45) is 0 Å². The second-order valence-electron chi connectivity index (χ2n) is 3.89. The third-order valence-electron chi connectivity index (χ3n) is 2.41. The molecule has 0 unspecified atom stereocenters. The van der Waals surface area contributed by atoms with E-state index < -0.39 is 0 Å². The van der Waals surface area contributed by atoms with E-state index in [1.807, 2.05) is 6.92 Å². The van der Waals surface area contributed by atoms with Gasteiger partial charge in [0.1, 0.15) is 0 Å². The van der Waals surface area contributed by atoms with Crippen LogP contribution in [-0.4, -0.2) is 12.6 Å². The second-order valence-corrected chi connectivity index (χ2v) is 6.15. The Kier molecular flexibility index (Phi) is 4.78. The number of rotatable bonds is 4. The molecule has 0 amide bonds. The van der Waals surface area contributed by atoms with Crippen molar-refractivity contribution in [3.8, 4) is 21.6 Å². The molecule has 2 aromatic rings. The van der Waals surface area contributed by atoms with Crippen LogP contribution in [0.4, 0.5) is 0 Å². The molecule has 0 N–H and O–H groups in total. The summed E-state index contributed by atoms with van der Waals surface area (Å²) < 4.78 is 4.95. The van der Waals surface area contributed by atoms with Crippen molar-refractivity contribution < 1.29 is 9.53 Å². The molecule has 2 heterocycles. The van der Waals surface area contributed by atoms with E-state index in [9.17, 15) is 4.79 Å². The van der Waals surface area contributed by atoms with E-state index in [2.05, 4.69) is 36.1 Å². The van der Waals surface area contributed by atoms with Crippen molar-refractivity contribution in [2.75, 3.05) is 6.61 Å². The zero-order valence-corrected chi connectivity index (χ0v) is 12.5. The Morgan fingerprint density at radius 3 is 2.68 bits per heavy atom. The van der Waals surface area contributed by atoms with Crippen LogP contribution in [0.15, 0.2) is 24.3 Å². The number of hydrogen-bond acceptors (Lipinski definition) is 4. The molecule has 2 aromatic heterocycles. The molecule has 98 valence electrons. The lowest BCUT2D eigenvalue weighted by molar-refractivity contribution is -0.140. The number of thiophene rings is 2. The fourth-order valence-electron chi connectivity index (χ4n) is 1.60. The van der Waals surface area contributed by atoms with Gasteiger partial charge in [-0.3, -0.25) is 4.79 Å². The van der Waals surface area contributed by atoms with E-state index in [1.54, 1.807) is 22.7 Å². The molecule has 0 radical (unpaired) electrons. The van der Waals surface area contributed by atoms with Crippen molar-refractivity contribution in [1.82, 2.24) is 0 Å². The maximum absolute atomic E-state index is 10.7. The van der Waals surface area contributed by atoms with E-state index in [0.29, 0.717) is 6.61 Å². The molecule has 19 heavy (non-hydrogen) atoms. The lowest BCUT2D eigenvalue weighted by atomic mass is 10.3. The monoisotopic (exact) mass is 290 g/mol. The Hall–Kier alpha value is -1.57. The SMILES string of the molecule is CC#Cc1ccc(-c2ccc(CCOC(C)=O)s2)s1. The summed E-state index contributed by atoms with van der Waals surface area (Å²) >= 11 is 3.44. The maximum atomic E-state index is 10.7. The molecule has 0 aliphatic carbocycles. The van der Waals surface area contributed by atoms with E-state index in [1.165, 1.54) is 21.6 Å². The standard InChI is InChI=1S/C15H14O2S2/c1-3-4-12-5-7-14(18-12)15-8-6-13(19-15)9-10-17-11(2)16/h5-8H,9-10H2,1-2H3. The van der Waals surface area contributed by atoms with Gasteiger partial charge in [0.15, 0.2) is 0 Å². The number of carbonyl (C=O) groups excluding carboxylic acids is 1. The van der Waals surface area contributed by atoms with Crippen molar-refractivity contribution in [3.63, 3.8) is 0 Å². The minimum absolute atomic E-state index is 0.224. The van der Waals surface area contributed by atoms with Gasteiger partial charge in [-0.15, -0.1) is 28.6 Å². The first-order chi connectivity index (χ1) is 9.19. The van der Waals surface area contributed by atoms with Gasteiger partial charge in [-0.05, 0) is 31.2 Å². The van der Waals surface area contributed by atoms with Gasteiger partial charge in [-0.2, -0.15) is 0 Å². The summed E-state index contributed by atoms with van der Waals surface area (Å²) in [6, 6.07) is 8.36. The number of carbonyl (C=O) groups is 1. The summed E-state index contributed by atoms with van der Waals surface area (Å²) in [5, 5.41) is 0. The van der Waals surface area contributed by atoms with Crippen molar-refractivity contribution in [3.05, 3.63) is 34.0 Å². The van der Waals surface area contributed by atoms with Gasteiger partial charge < -0.3 is 4.74 Å². The predicted octanol–water partition coefficient (Wildman–Crippen LogP) is 3.95. The molecule has 0 atom stereocenters. The van der Waals surface area contributed by atoms with E-state index in [4.69, 9.17) is 4.74 Å². The third kappa shape index (κ3) is 3.95. The van der Waals surface area contributed by atoms with Crippen molar-refractivity contribution in [1.29, 1.82) is 0 Å². The van der Waals surface area contributed by atoms with Crippen LogP contribution >= 0.6 is 22.7 Å². The molecule has 0 bridgehead atoms. The van der Waals surface area contributed by atoms with Crippen molar-refractivity contribution in [2.45, 2.75) is 20.3 Å². The van der Waals surface area contributed by atoms with Crippen molar-refractivity contribution >= 4 is 28.6 Å². The molecule has 0 saturated carbocycles. The van der Waals surface area contributed by atoms with Gasteiger partial charge in [0.2, 0.25) is 0 Å². The quantitative estimate of drug-likeness (QED) is 0.629. The molecular formula is C15H14O2S2. The third-order valence-corrected chi connectivity index (χ3v) is 4.75. The zero-order valence-electron chi connectivity index (χ0n) is 10.9. The predicted molar refractivity (Wildman–Crippen MR) is 80.5 cm³/mol. The molecule has 2 rings (SSSR count). The molecule has 0 aliphatic rings. The van der Waals surface area contributed by atoms with E-state index in [0.717, 1.165) is 11.3 Å². The van der Waals surface area contributed by atoms with Gasteiger partial charge in [0.05, 0.1) is 11.5 Å². The van der Waals surface area contributed by atoms with Crippen LogP contribution in [0.5, 0.6) is 0 Å². The minimum Gasteiger partial charge on any atom is -0.465 e. The summed E-state index contributed by atoms with van der Waals surface area (Å²) in [5.41, 5.74) is 0. The Bertz CT molecular complexity index is 626. The Labute approximate surface area is 121 Å². The normalized spacial score (nSPS) is 9.79. The van der Waals surface area contributed by atoms with Crippen LogP contribution in [-0.2, 0) is 16.0 Å². The topological polar surface area (TPSA) is 26.3 Å². The Morgan fingerprint density at radius 2 is 1.95 bits per heavy atom. The van der Waals surface area contributed by atoms with Crippen LogP contribution < -0.4 is 0 Å². The number of ether oxygens (including phenoxy) is 1. The van der Waals surface area contributed by atoms with Crippen LogP contribution in [0.2, 0.25) is 0 Å². The summed E-state index contributed by atoms with van der Waals surface area (Å²) in [6.45, 7) is 3.73. The lowest BCUT2D eigenvalue weighted by Gasteiger charge is -1.98. The van der Waals surface area contributed by atoms with E-state index >= 15 is 0 Å². The molecular weight excluding hydrogens is 276 g/mol. The molecule has 4 heteroatoms. The van der Waals surface area contributed by atoms with E-state index in [-0.39, 0.29) is 5.97 Å². The summed E-state index contributed by atoms with van der Waals surface area (Å²) in [4.78, 5) is 15.5. The summed E-state index contributed by atoms with van der Waals surface area (Å²) in [5.74, 6) is 5.75. The number of esters is 1. The number of hydrogen-bond donors (Lipinski definition) is 0. The Balaban J connectivity index is 2.02. The van der Waals surface area contributed by atoms with Gasteiger partial charge in [0, 0.05) is 28.0 Å². The second kappa shape index (κ2) is 6.55. The molecule has 2 nitrogen and oxygen atoms in total. The summed E-state index contributed by atoms with van der Waals surface area (Å²) in [6.07, 6.45) is 0.775. The average molecular weight is 290 g/mol. The highest BCUT2D eigenvalue weighted by molar-refractivity contribution is 7.22. The van der Waals surface area contributed by atoms with Gasteiger partial charge >= 0.3 is 5.97 Å². The largest absolute Gasteiger partial charge is 0.465 e. The first kappa shape index (κ1) is 13.9. The van der Waals surface area contributed by atoms with Gasteiger partial charge in [-0.25, -0.2) is 0 Å². The molecule has 0 aliphatic heterocycles. The average Bonchev–Trinajstić information content (AvgIpc) is 2.98. The Morgan fingerprint density at radius 1 is 1.21 bits per heavy atom. The highest BCUT2D eigenvalue weighted by atomic mass is 32.1. The van der Waals surface area contributed by atoms with Gasteiger partial charge in [-0.1, -0.05) is 5.92 Å². The highest BCUT2D eigenvalue weighted by Crippen LogP contribution is 2.33. The van der Waals surface area contributed by atoms with Crippen LogP contribution in [0.3, 0.4) is 0 Å². The molecule has 0 fully saturated rings. The van der Waals surface area contributed by atoms with Crippen LogP contribution in [0.25, 0.3) is 9.75 Å². The smallest absolute Gasteiger partial charge is 0.302 e. The van der Waals surface area contributed by atoms with Crippen LogP contribution in [0, 0.1) is 11.8 Å². The first-order valence-corrected chi connectivity index (χ1v) is 7.57. The fraction of sp³-hybridized carbons (Fsp3) is 0.267. The zero-order chi connectivity index (χ0) is 13.7.